The first kappa shape index (κ1) is 13.4. The van der Waals surface area contributed by atoms with E-state index < -0.39 is 11.9 Å². The summed E-state index contributed by atoms with van der Waals surface area (Å²) in [6, 6.07) is 0. The molecule has 2 aliphatic carbocycles. The zero-order valence-corrected chi connectivity index (χ0v) is 11.2. The van der Waals surface area contributed by atoms with Gasteiger partial charge in [-0.05, 0) is 43.4 Å². The van der Waals surface area contributed by atoms with Crippen LogP contribution in [0.5, 0.6) is 0 Å². The van der Waals surface area contributed by atoms with Crippen LogP contribution in [0.3, 0.4) is 0 Å². The van der Waals surface area contributed by atoms with Crippen molar-refractivity contribution in [2.45, 2.75) is 46.0 Å². The van der Waals surface area contributed by atoms with Crippen molar-refractivity contribution in [1.82, 2.24) is 5.32 Å². The van der Waals surface area contributed by atoms with Gasteiger partial charge >= 0.3 is 5.97 Å². The van der Waals surface area contributed by atoms with Gasteiger partial charge in [-0.25, -0.2) is 0 Å². The molecule has 0 saturated heterocycles. The Bertz CT molecular complexity index is 349. The van der Waals surface area contributed by atoms with Crippen LogP contribution in [-0.4, -0.2) is 23.5 Å². The maximum atomic E-state index is 12.1. The molecule has 4 nitrogen and oxygen atoms in total. The Kier molecular flexibility index (Phi) is 3.64. The summed E-state index contributed by atoms with van der Waals surface area (Å²) in [5.41, 5.74) is 0.318. The first-order chi connectivity index (χ1) is 8.47. The molecule has 102 valence electrons. The van der Waals surface area contributed by atoms with Gasteiger partial charge in [-0.2, -0.15) is 0 Å². The molecule has 18 heavy (non-hydrogen) atoms. The molecule has 0 heterocycles. The van der Waals surface area contributed by atoms with Crippen LogP contribution in [0.4, 0.5) is 0 Å². The van der Waals surface area contributed by atoms with Crippen LogP contribution in [0.15, 0.2) is 0 Å². The standard InChI is InChI=1S/C14H23NO3/c1-3-14(4-5-14)8-15-12(16)10-6-9(2)7-11(10)13(17)18/h9-11H,3-8H2,1-2H3,(H,15,16)(H,17,18)/t9?,10-,11+/m0/s1. The molecule has 0 aliphatic heterocycles. The largest absolute Gasteiger partial charge is 0.481 e. The van der Waals surface area contributed by atoms with Gasteiger partial charge in [0.05, 0.1) is 11.8 Å². The molecule has 0 bridgehead atoms. The molecular formula is C14H23NO3. The number of hydrogen-bond acceptors (Lipinski definition) is 2. The van der Waals surface area contributed by atoms with Crippen molar-refractivity contribution in [2.24, 2.45) is 23.2 Å². The lowest BCUT2D eigenvalue weighted by molar-refractivity contribution is -0.146. The Balaban J connectivity index is 1.89. The zero-order valence-electron chi connectivity index (χ0n) is 11.2. The number of carboxylic acids is 1. The fourth-order valence-corrected chi connectivity index (χ4v) is 3.09. The van der Waals surface area contributed by atoms with Gasteiger partial charge in [-0.15, -0.1) is 0 Å². The third kappa shape index (κ3) is 2.68. The average Bonchev–Trinajstić information content (AvgIpc) is 3.01. The third-order valence-corrected chi connectivity index (χ3v) is 4.80. The van der Waals surface area contributed by atoms with Gasteiger partial charge in [-0.3, -0.25) is 9.59 Å². The highest BCUT2D eigenvalue weighted by atomic mass is 16.4. The van der Waals surface area contributed by atoms with E-state index in [2.05, 4.69) is 12.2 Å². The Morgan fingerprint density at radius 3 is 2.39 bits per heavy atom. The summed E-state index contributed by atoms with van der Waals surface area (Å²) >= 11 is 0. The van der Waals surface area contributed by atoms with Crippen molar-refractivity contribution in [3.05, 3.63) is 0 Å². The van der Waals surface area contributed by atoms with Crippen molar-refractivity contribution in [3.63, 3.8) is 0 Å². The lowest BCUT2D eigenvalue weighted by Gasteiger charge is -2.18. The second-order valence-electron chi connectivity index (χ2n) is 6.20. The predicted octanol–water partition coefficient (Wildman–Crippen LogP) is 2.04. The molecule has 2 fully saturated rings. The predicted molar refractivity (Wildman–Crippen MR) is 68.0 cm³/mol. The molecule has 1 unspecified atom stereocenters. The van der Waals surface area contributed by atoms with Gasteiger partial charge in [-0.1, -0.05) is 13.8 Å². The van der Waals surface area contributed by atoms with Gasteiger partial charge in [0.1, 0.15) is 0 Å². The van der Waals surface area contributed by atoms with Crippen molar-refractivity contribution >= 4 is 11.9 Å². The van der Waals surface area contributed by atoms with E-state index in [0.29, 0.717) is 24.2 Å². The number of amides is 1. The summed E-state index contributed by atoms with van der Waals surface area (Å²) in [6.07, 6.45) is 4.81. The summed E-state index contributed by atoms with van der Waals surface area (Å²) in [7, 11) is 0. The molecule has 2 N–H and O–H groups in total. The molecule has 0 spiro atoms. The normalized spacial score (nSPS) is 33.1. The molecule has 2 saturated carbocycles. The highest BCUT2D eigenvalue weighted by molar-refractivity contribution is 5.85. The smallest absolute Gasteiger partial charge is 0.307 e. The van der Waals surface area contributed by atoms with Crippen molar-refractivity contribution in [1.29, 1.82) is 0 Å². The molecule has 0 radical (unpaired) electrons. The van der Waals surface area contributed by atoms with E-state index in [4.69, 9.17) is 5.11 Å². The monoisotopic (exact) mass is 253 g/mol. The van der Waals surface area contributed by atoms with Gasteiger partial charge in [0.2, 0.25) is 5.91 Å². The average molecular weight is 253 g/mol. The minimum absolute atomic E-state index is 0.0496. The molecule has 1 amide bonds. The van der Waals surface area contributed by atoms with E-state index in [1.807, 2.05) is 6.92 Å². The minimum atomic E-state index is -0.823. The summed E-state index contributed by atoms with van der Waals surface area (Å²) in [5, 5.41) is 12.1. The molecule has 2 aliphatic rings. The van der Waals surface area contributed by atoms with Crippen LogP contribution >= 0.6 is 0 Å². The van der Waals surface area contributed by atoms with Crippen LogP contribution in [0, 0.1) is 23.2 Å². The fourth-order valence-electron chi connectivity index (χ4n) is 3.09. The van der Waals surface area contributed by atoms with Crippen molar-refractivity contribution < 1.29 is 14.7 Å². The SMILES string of the molecule is CCC1(CNC(=O)[C@H]2CC(C)C[C@H]2C(=O)O)CC1. The number of hydrogen-bond donors (Lipinski definition) is 2. The number of rotatable bonds is 5. The molecule has 3 atom stereocenters. The van der Waals surface area contributed by atoms with E-state index in [0.717, 1.165) is 13.0 Å². The third-order valence-electron chi connectivity index (χ3n) is 4.80. The molecule has 0 aromatic rings. The van der Waals surface area contributed by atoms with Crippen LogP contribution in [0.2, 0.25) is 0 Å². The van der Waals surface area contributed by atoms with Gasteiger partial charge in [0, 0.05) is 6.54 Å². The van der Waals surface area contributed by atoms with Gasteiger partial charge in [0.25, 0.3) is 0 Å². The molecule has 0 aromatic heterocycles. The molecular weight excluding hydrogens is 230 g/mol. The van der Waals surface area contributed by atoms with E-state index in [-0.39, 0.29) is 11.8 Å². The van der Waals surface area contributed by atoms with Gasteiger partial charge in [0.15, 0.2) is 0 Å². The second kappa shape index (κ2) is 4.90. The molecule has 4 heteroatoms. The lowest BCUT2D eigenvalue weighted by atomic mass is 9.95. The Hall–Kier alpha value is -1.06. The number of carboxylic acid groups (broad SMARTS) is 1. The fraction of sp³-hybridized carbons (Fsp3) is 0.857. The van der Waals surface area contributed by atoms with Crippen LogP contribution < -0.4 is 5.32 Å². The first-order valence-electron chi connectivity index (χ1n) is 6.98. The Labute approximate surface area is 108 Å². The van der Waals surface area contributed by atoms with Crippen molar-refractivity contribution in [2.75, 3.05) is 6.54 Å². The Morgan fingerprint density at radius 1 is 1.28 bits per heavy atom. The zero-order chi connectivity index (χ0) is 13.3. The summed E-state index contributed by atoms with van der Waals surface area (Å²) in [5.74, 6) is -1.35. The minimum Gasteiger partial charge on any atom is -0.481 e. The van der Waals surface area contributed by atoms with E-state index in [1.54, 1.807) is 0 Å². The molecule has 0 aromatic carbocycles. The quantitative estimate of drug-likeness (QED) is 0.788. The summed E-state index contributed by atoms with van der Waals surface area (Å²) in [4.78, 5) is 23.3. The summed E-state index contributed by atoms with van der Waals surface area (Å²) < 4.78 is 0. The van der Waals surface area contributed by atoms with E-state index in [1.165, 1.54) is 12.8 Å². The number of carbonyl (C=O) groups is 2. The second-order valence-corrected chi connectivity index (χ2v) is 6.20. The topological polar surface area (TPSA) is 66.4 Å². The van der Waals surface area contributed by atoms with Crippen LogP contribution in [0.25, 0.3) is 0 Å². The first-order valence-corrected chi connectivity index (χ1v) is 6.98. The maximum Gasteiger partial charge on any atom is 0.307 e. The highest BCUT2D eigenvalue weighted by Gasteiger charge is 2.44. The van der Waals surface area contributed by atoms with Gasteiger partial charge < -0.3 is 10.4 Å². The summed E-state index contributed by atoms with van der Waals surface area (Å²) in [6.45, 7) is 4.90. The number of nitrogens with one attached hydrogen (secondary N) is 1. The van der Waals surface area contributed by atoms with E-state index in [9.17, 15) is 9.59 Å². The van der Waals surface area contributed by atoms with Crippen LogP contribution in [0.1, 0.15) is 46.0 Å². The van der Waals surface area contributed by atoms with Crippen LogP contribution in [-0.2, 0) is 9.59 Å². The number of carbonyl (C=O) groups excluding carboxylic acids is 1. The van der Waals surface area contributed by atoms with E-state index >= 15 is 0 Å². The Morgan fingerprint density at radius 2 is 1.89 bits per heavy atom. The maximum absolute atomic E-state index is 12.1. The number of aliphatic carboxylic acids is 1. The molecule has 2 rings (SSSR count). The lowest BCUT2D eigenvalue weighted by Crippen LogP contribution is -2.38. The highest BCUT2D eigenvalue weighted by Crippen LogP contribution is 2.48. The van der Waals surface area contributed by atoms with Crippen molar-refractivity contribution in [3.8, 4) is 0 Å².